The second-order valence-electron chi connectivity index (χ2n) is 4.48. The van der Waals surface area contributed by atoms with Gasteiger partial charge < -0.3 is 26.7 Å². The van der Waals surface area contributed by atoms with Gasteiger partial charge in [-0.1, -0.05) is 26.2 Å². The van der Waals surface area contributed by atoms with Crippen molar-refractivity contribution in [1.29, 1.82) is 0 Å². The van der Waals surface area contributed by atoms with Gasteiger partial charge >= 0.3 is 0 Å². The van der Waals surface area contributed by atoms with E-state index in [1.165, 1.54) is 19.3 Å². The number of aliphatic hydroxyl groups is 1. The summed E-state index contributed by atoms with van der Waals surface area (Å²) in [5.41, 5.74) is 0. The molecule has 4 heteroatoms. The lowest BCUT2D eigenvalue weighted by atomic mass is 10.2. The summed E-state index contributed by atoms with van der Waals surface area (Å²) >= 11 is 0. The van der Waals surface area contributed by atoms with Crippen molar-refractivity contribution in [3.8, 4) is 0 Å². The van der Waals surface area contributed by atoms with Crippen LogP contribution in [-0.4, -0.2) is 50.2 Å². The maximum Gasteiger partial charge on any atom is 0.182 e. The number of quaternary nitrogens is 1. The molecule has 0 fully saturated rings. The maximum absolute atomic E-state index is 8.80. The van der Waals surface area contributed by atoms with E-state index in [-0.39, 0.29) is 19.0 Å². The Morgan fingerprint density at radius 1 is 1.13 bits per heavy atom. The highest BCUT2D eigenvalue weighted by Crippen LogP contribution is 2.01. The van der Waals surface area contributed by atoms with E-state index in [0.29, 0.717) is 6.73 Å². The summed E-state index contributed by atoms with van der Waals surface area (Å²) in [5, 5.41) is 8.80. The van der Waals surface area contributed by atoms with Crippen molar-refractivity contribution in [1.82, 2.24) is 0 Å². The van der Waals surface area contributed by atoms with Crippen molar-refractivity contribution in [3.05, 3.63) is 0 Å². The van der Waals surface area contributed by atoms with Gasteiger partial charge in [-0.25, -0.2) is 0 Å². The van der Waals surface area contributed by atoms with E-state index in [2.05, 4.69) is 21.0 Å². The molecular weight excluding hydrogens is 214 g/mol. The highest BCUT2D eigenvalue weighted by molar-refractivity contribution is 4.38. The zero-order valence-electron chi connectivity index (χ0n) is 10.3. The van der Waals surface area contributed by atoms with Gasteiger partial charge in [-0.2, -0.15) is 0 Å². The van der Waals surface area contributed by atoms with E-state index in [9.17, 15) is 0 Å². The van der Waals surface area contributed by atoms with E-state index in [0.717, 1.165) is 24.1 Å². The van der Waals surface area contributed by atoms with Crippen LogP contribution in [-0.2, 0) is 4.74 Å². The molecule has 15 heavy (non-hydrogen) atoms. The number of nitrogens with zero attached hydrogens (tertiary/aromatic N) is 1. The molecule has 0 saturated heterocycles. The standard InChI is InChI=1S/C11H26NO2.ClH/c1-4-5-6-7-10-14-11-12(2,3)8-9-13;/h13H,4-11H2,1-3H3;1H/q+1;/p-1. The second-order valence-corrected chi connectivity index (χ2v) is 4.48. The average Bonchev–Trinajstić information content (AvgIpc) is 2.11. The summed E-state index contributed by atoms with van der Waals surface area (Å²) in [5.74, 6) is 0. The Kier molecular flexibility index (Phi) is 12.5. The topological polar surface area (TPSA) is 29.5 Å². The van der Waals surface area contributed by atoms with Crippen LogP contribution < -0.4 is 12.4 Å². The molecule has 0 unspecified atom stereocenters. The normalized spacial score (nSPS) is 11.2. The van der Waals surface area contributed by atoms with Gasteiger partial charge in [0, 0.05) is 0 Å². The average molecular weight is 240 g/mol. The lowest BCUT2D eigenvalue weighted by Crippen LogP contribution is -3.00. The van der Waals surface area contributed by atoms with Crippen molar-refractivity contribution >= 4 is 0 Å². The van der Waals surface area contributed by atoms with Crippen LogP contribution in [0.15, 0.2) is 0 Å². The number of likely N-dealkylation sites (N-methyl/N-ethyl adjacent to an activating group) is 1. The van der Waals surface area contributed by atoms with Crippen molar-refractivity contribution in [2.75, 3.05) is 40.6 Å². The van der Waals surface area contributed by atoms with Gasteiger partial charge in [-0.3, -0.25) is 0 Å². The minimum atomic E-state index is 0. The molecule has 0 amide bonds. The fourth-order valence-electron chi connectivity index (χ4n) is 1.28. The molecule has 1 N–H and O–H groups in total. The first-order valence-corrected chi connectivity index (χ1v) is 5.63. The molecule has 0 spiro atoms. The van der Waals surface area contributed by atoms with Crippen LogP contribution in [0.4, 0.5) is 0 Å². The van der Waals surface area contributed by atoms with Gasteiger partial charge in [0.1, 0.15) is 6.54 Å². The summed E-state index contributed by atoms with van der Waals surface area (Å²) in [7, 11) is 4.14. The SMILES string of the molecule is CCCCCCOC[N+](C)(C)CCO.[Cl-]. The Morgan fingerprint density at radius 3 is 2.33 bits per heavy atom. The molecule has 0 aliphatic rings. The summed E-state index contributed by atoms with van der Waals surface area (Å²) in [4.78, 5) is 0. The van der Waals surface area contributed by atoms with Gasteiger partial charge in [0.05, 0.1) is 27.3 Å². The fraction of sp³-hybridized carbons (Fsp3) is 1.00. The Morgan fingerprint density at radius 2 is 1.80 bits per heavy atom. The minimum absolute atomic E-state index is 0. The van der Waals surface area contributed by atoms with E-state index >= 15 is 0 Å². The third-order valence-corrected chi connectivity index (χ3v) is 2.29. The Hall–Kier alpha value is 0.170. The molecule has 0 aromatic carbocycles. The fourth-order valence-corrected chi connectivity index (χ4v) is 1.28. The molecule has 0 heterocycles. The summed E-state index contributed by atoms with van der Waals surface area (Å²) in [6, 6.07) is 0. The lowest BCUT2D eigenvalue weighted by molar-refractivity contribution is -0.910. The van der Waals surface area contributed by atoms with E-state index in [1.807, 2.05) is 0 Å². The van der Waals surface area contributed by atoms with E-state index in [4.69, 9.17) is 9.84 Å². The van der Waals surface area contributed by atoms with E-state index in [1.54, 1.807) is 0 Å². The number of unbranched alkanes of at least 4 members (excludes halogenated alkanes) is 3. The largest absolute Gasteiger partial charge is 1.00 e. The Labute approximate surface area is 100 Å². The zero-order chi connectivity index (χ0) is 10.9. The predicted molar refractivity (Wildman–Crippen MR) is 59.0 cm³/mol. The van der Waals surface area contributed by atoms with Crippen LogP contribution in [0.5, 0.6) is 0 Å². The van der Waals surface area contributed by atoms with Crippen LogP contribution >= 0.6 is 0 Å². The lowest BCUT2D eigenvalue weighted by Gasteiger charge is -2.28. The molecule has 0 aromatic heterocycles. The third-order valence-electron chi connectivity index (χ3n) is 2.29. The number of aliphatic hydroxyl groups excluding tert-OH is 1. The molecule has 0 aliphatic heterocycles. The third kappa shape index (κ3) is 12.1. The van der Waals surface area contributed by atoms with Crippen LogP contribution in [0.1, 0.15) is 32.6 Å². The zero-order valence-corrected chi connectivity index (χ0v) is 11.1. The second kappa shape index (κ2) is 10.7. The van der Waals surface area contributed by atoms with Crippen LogP contribution in [0.3, 0.4) is 0 Å². The molecule has 0 saturated carbocycles. The van der Waals surface area contributed by atoms with Gasteiger partial charge in [-0.15, -0.1) is 0 Å². The van der Waals surface area contributed by atoms with Crippen LogP contribution in [0, 0.1) is 0 Å². The molecule has 3 nitrogen and oxygen atoms in total. The highest BCUT2D eigenvalue weighted by Gasteiger charge is 2.13. The first-order chi connectivity index (χ1) is 6.62. The Balaban J connectivity index is 0. The molecular formula is C11H26ClNO2. The first kappa shape index (κ1) is 17.6. The highest BCUT2D eigenvalue weighted by atomic mass is 35.5. The molecule has 0 radical (unpaired) electrons. The van der Waals surface area contributed by atoms with Crippen molar-refractivity contribution < 1.29 is 26.7 Å². The van der Waals surface area contributed by atoms with Gasteiger partial charge in [0.25, 0.3) is 0 Å². The number of hydrogen-bond donors (Lipinski definition) is 1. The van der Waals surface area contributed by atoms with Crippen molar-refractivity contribution in [2.24, 2.45) is 0 Å². The van der Waals surface area contributed by atoms with Crippen molar-refractivity contribution in [2.45, 2.75) is 32.6 Å². The first-order valence-electron chi connectivity index (χ1n) is 5.63. The number of rotatable bonds is 9. The molecule has 0 bridgehead atoms. The quantitative estimate of drug-likeness (QED) is 0.305. The predicted octanol–water partition coefficient (Wildman–Crippen LogP) is -1.39. The van der Waals surface area contributed by atoms with E-state index < -0.39 is 0 Å². The van der Waals surface area contributed by atoms with Gasteiger partial charge in [0.15, 0.2) is 6.73 Å². The number of hydrogen-bond acceptors (Lipinski definition) is 2. The monoisotopic (exact) mass is 239 g/mol. The molecule has 94 valence electrons. The number of ether oxygens (including phenoxy) is 1. The van der Waals surface area contributed by atoms with Crippen LogP contribution in [0.25, 0.3) is 0 Å². The number of halogens is 1. The molecule has 0 rings (SSSR count). The molecule has 0 atom stereocenters. The van der Waals surface area contributed by atoms with Crippen LogP contribution in [0.2, 0.25) is 0 Å². The summed E-state index contributed by atoms with van der Waals surface area (Å²) in [6.07, 6.45) is 5.00. The summed E-state index contributed by atoms with van der Waals surface area (Å²) in [6.45, 7) is 4.75. The molecule has 0 aromatic rings. The Bertz CT molecular complexity index is 132. The van der Waals surface area contributed by atoms with Gasteiger partial charge in [-0.05, 0) is 6.42 Å². The maximum atomic E-state index is 8.80. The smallest absolute Gasteiger partial charge is 0.182 e. The summed E-state index contributed by atoms with van der Waals surface area (Å²) < 4.78 is 6.30. The minimum Gasteiger partial charge on any atom is -1.00 e. The van der Waals surface area contributed by atoms with Gasteiger partial charge in [0.2, 0.25) is 0 Å². The van der Waals surface area contributed by atoms with Crippen molar-refractivity contribution in [3.63, 3.8) is 0 Å². The molecule has 0 aliphatic carbocycles.